The Labute approximate surface area is 111 Å². The van der Waals surface area contributed by atoms with Crippen molar-refractivity contribution in [2.45, 2.75) is 40.0 Å². The van der Waals surface area contributed by atoms with Crippen LogP contribution >= 0.6 is 0 Å². The Balaban J connectivity index is 4.62. The van der Waals surface area contributed by atoms with Crippen LogP contribution in [0.1, 0.15) is 40.0 Å². The summed E-state index contributed by atoms with van der Waals surface area (Å²) in [7, 11) is 1.65. The van der Waals surface area contributed by atoms with E-state index in [1.165, 1.54) is 0 Å². The normalized spacial score (nSPS) is 11.8. The zero-order valence-corrected chi connectivity index (χ0v) is 12.3. The van der Waals surface area contributed by atoms with Crippen molar-refractivity contribution in [1.82, 2.24) is 0 Å². The first-order valence-electron chi connectivity index (χ1n) is 6.80. The Morgan fingerprint density at radius 3 is 1.94 bits per heavy atom. The molecular weight excluding hydrogens is 232 g/mol. The zero-order chi connectivity index (χ0) is 13.9. The van der Waals surface area contributed by atoms with Gasteiger partial charge in [-0.3, -0.25) is 4.79 Å². The fraction of sp³-hybridized carbons (Fsp3) is 0.929. The number of carbonyl (C=O) groups excluding carboxylic acids is 1. The van der Waals surface area contributed by atoms with E-state index in [2.05, 4.69) is 0 Å². The first-order chi connectivity index (χ1) is 8.64. The van der Waals surface area contributed by atoms with E-state index in [-0.39, 0.29) is 11.2 Å². The van der Waals surface area contributed by atoms with Crippen LogP contribution in [0.4, 0.5) is 0 Å². The molecule has 0 aromatic carbocycles. The molecule has 0 aromatic heterocycles. The van der Waals surface area contributed by atoms with E-state index in [0.717, 1.165) is 6.42 Å². The summed E-state index contributed by atoms with van der Waals surface area (Å²) in [4.78, 5) is 11.9. The molecule has 0 radical (unpaired) electrons. The molecule has 0 heterocycles. The minimum Gasteiger partial charge on any atom is -0.384 e. The monoisotopic (exact) mass is 260 g/mol. The molecule has 0 N–H and O–H groups in total. The van der Waals surface area contributed by atoms with Crippen LogP contribution in [0, 0.1) is 5.41 Å². The second-order valence-corrected chi connectivity index (χ2v) is 4.67. The molecule has 0 fully saturated rings. The van der Waals surface area contributed by atoms with E-state index in [0.29, 0.717) is 45.9 Å². The number of rotatable bonds is 12. The maximum atomic E-state index is 11.9. The van der Waals surface area contributed by atoms with E-state index in [9.17, 15) is 4.79 Å². The van der Waals surface area contributed by atoms with Gasteiger partial charge in [-0.05, 0) is 20.3 Å². The van der Waals surface area contributed by atoms with Crippen molar-refractivity contribution in [3.8, 4) is 0 Å². The predicted molar refractivity (Wildman–Crippen MR) is 71.8 cm³/mol. The molecule has 0 spiro atoms. The highest BCUT2D eigenvalue weighted by Gasteiger charge is 2.33. The topological polar surface area (TPSA) is 44.8 Å². The number of carbonyl (C=O) groups is 1. The summed E-state index contributed by atoms with van der Waals surface area (Å²) >= 11 is 0. The van der Waals surface area contributed by atoms with Gasteiger partial charge in [-0.25, -0.2) is 0 Å². The van der Waals surface area contributed by atoms with Gasteiger partial charge in [-0.15, -0.1) is 0 Å². The van der Waals surface area contributed by atoms with Crippen molar-refractivity contribution in [3.05, 3.63) is 0 Å². The molecule has 4 nitrogen and oxygen atoms in total. The molecule has 0 bridgehead atoms. The van der Waals surface area contributed by atoms with Gasteiger partial charge in [0.25, 0.3) is 0 Å². The van der Waals surface area contributed by atoms with Crippen LogP contribution in [-0.4, -0.2) is 45.9 Å². The van der Waals surface area contributed by atoms with Crippen LogP contribution < -0.4 is 0 Å². The molecule has 0 rings (SSSR count). The molecule has 18 heavy (non-hydrogen) atoms. The first-order valence-corrected chi connectivity index (χ1v) is 6.80. The van der Waals surface area contributed by atoms with E-state index in [4.69, 9.17) is 14.2 Å². The minimum atomic E-state index is -0.340. The fourth-order valence-electron chi connectivity index (χ4n) is 2.01. The number of ketones is 1. The van der Waals surface area contributed by atoms with Crippen LogP contribution in [0.15, 0.2) is 0 Å². The highest BCUT2D eigenvalue weighted by Crippen LogP contribution is 2.25. The van der Waals surface area contributed by atoms with Crippen LogP contribution in [0.2, 0.25) is 0 Å². The molecule has 0 aliphatic carbocycles. The molecule has 0 aliphatic heterocycles. The predicted octanol–water partition coefficient (Wildman–Crippen LogP) is 2.45. The van der Waals surface area contributed by atoms with E-state index in [1.807, 2.05) is 20.8 Å². The van der Waals surface area contributed by atoms with Crippen molar-refractivity contribution >= 4 is 5.78 Å². The maximum absolute atomic E-state index is 11.9. The van der Waals surface area contributed by atoms with Crippen LogP contribution in [0.3, 0.4) is 0 Å². The lowest BCUT2D eigenvalue weighted by Crippen LogP contribution is -2.39. The summed E-state index contributed by atoms with van der Waals surface area (Å²) < 4.78 is 16.3. The third-order valence-electron chi connectivity index (χ3n) is 2.78. The van der Waals surface area contributed by atoms with E-state index < -0.39 is 0 Å². The summed E-state index contributed by atoms with van der Waals surface area (Å²) in [5.74, 6) is 0.258. The van der Waals surface area contributed by atoms with Gasteiger partial charge in [0.2, 0.25) is 0 Å². The first kappa shape index (κ1) is 17.6. The Morgan fingerprint density at radius 2 is 1.56 bits per heavy atom. The van der Waals surface area contributed by atoms with Gasteiger partial charge < -0.3 is 14.2 Å². The third-order valence-corrected chi connectivity index (χ3v) is 2.78. The second kappa shape index (κ2) is 10.5. The zero-order valence-electron chi connectivity index (χ0n) is 12.3. The summed E-state index contributed by atoms with van der Waals surface area (Å²) in [5.41, 5.74) is -0.340. The molecular formula is C14H28O4. The van der Waals surface area contributed by atoms with Crippen LogP contribution in [0.5, 0.6) is 0 Å². The van der Waals surface area contributed by atoms with Crippen molar-refractivity contribution in [3.63, 3.8) is 0 Å². The Morgan fingerprint density at radius 1 is 1.00 bits per heavy atom. The molecule has 0 aliphatic rings. The summed E-state index contributed by atoms with van der Waals surface area (Å²) in [5, 5.41) is 0. The van der Waals surface area contributed by atoms with E-state index in [1.54, 1.807) is 7.11 Å². The Bertz CT molecular complexity index is 208. The average Bonchev–Trinajstić information content (AvgIpc) is 2.34. The molecule has 0 amide bonds. The van der Waals surface area contributed by atoms with Gasteiger partial charge in [0, 0.05) is 38.6 Å². The minimum absolute atomic E-state index is 0.258. The SMILES string of the molecule is CCCC(=O)CC(COC)(COCC)COCC. The molecule has 0 saturated heterocycles. The van der Waals surface area contributed by atoms with Gasteiger partial charge in [0.05, 0.1) is 19.8 Å². The largest absolute Gasteiger partial charge is 0.384 e. The molecule has 0 saturated carbocycles. The number of methoxy groups -OCH3 is 1. The molecule has 4 heteroatoms. The fourth-order valence-corrected chi connectivity index (χ4v) is 2.01. The summed E-state index contributed by atoms with van der Waals surface area (Å²) in [6, 6.07) is 0. The Kier molecular flexibility index (Phi) is 10.2. The van der Waals surface area contributed by atoms with Crippen LogP contribution in [-0.2, 0) is 19.0 Å². The summed E-state index contributed by atoms with van der Waals surface area (Å²) in [6.45, 7) is 8.69. The number of ether oxygens (including phenoxy) is 3. The molecule has 0 atom stereocenters. The lowest BCUT2D eigenvalue weighted by atomic mass is 9.84. The van der Waals surface area contributed by atoms with Gasteiger partial charge >= 0.3 is 0 Å². The second-order valence-electron chi connectivity index (χ2n) is 4.67. The highest BCUT2D eigenvalue weighted by atomic mass is 16.5. The standard InChI is InChI=1S/C14H28O4/c1-5-8-13(15)9-14(10-16-4,11-17-6-2)12-18-7-3/h5-12H2,1-4H3. The summed E-state index contributed by atoms with van der Waals surface area (Å²) in [6.07, 6.45) is 1.96. The number of Topliss-reactive ketones (excluding diaryl/α,β-unsaturated/α-hetero) is 1. The lowest BCUT2D eigenvalue weighted by Gasteiger charge is -2.32. The van der Waals surface area contributed by atoms with Gasteiger partial charge in [0.15, 0.2) is 0 Å². The quantitative estimate of drug-likeness (QED) is 0.540. The maximum Gasteiger partial charge on any atom is 0.133 e. The average molecular weight is 260 g/mol. The van der Waals surface area contributed by atoms with Gasteiger partial charge in [-0.1, -0.05) is 6.92 Å². The number of hydrogen-bond acceptors (Lipinski definition) is 4. The number of hydrogen-bond donors (Lipinski definition) is 0. The van der Waals surface area contributed by atoms with Crippen molar-refractivity contribution in [2.75, 3.05) is 40.1 Å². The highest BCUT2D eigenvalue weighted by molar-refractivity contribution is 5.79. The lowest BCUT2D eigenvalue weighted by molar-refractivity contribution is -0.127. The smallest absolute Gasteiger partial charge is 0.133 e. The van der Waals surface area contributed by atoms with Crippen molar-refractivity contribution < 1.29 is 19.0 Å². The Hall–Kier alpha value is -0.450. The molecule has 108 valence electrons. The van der Waals surface area contributed by atoms with Gasteiger partial charge in [0.1, 0.15) is 5.78 Å². The molecule has 0 unspecified atom stereocenters. The molecule has 0 aromatic rings. The van der Waals surface area contributed by atoms with Crippen molar-refractivity contribution in [1.29, 1.82) is 0 Å². The van der Waals surface area contributed by atoms with Gasteiger partial charge in [-0.2, -0.15) is 0 Å². The van der Waals surface area contributed by atoms with Crippen LogP contribution in [0.25, 0.3) is 0 Å². The van der Waals surface area contributed by atoms with E-state index >= 15 is 0 Å². The third kappa shape index (κ3) is 7.09. The van der Waals surface area contributed by atoms with Crippen molar-refractivity contribution in [2.24, 2.45) is 5.41 Å².